The molecule has 10 heteroatoms. The van der Waals surface area contributed by atoms with Crippen LogP contribution in [0.2, 0.25) is 0 Å². The van der Waals surface area contributed by atoms with E-state index in [0.717, 1.165) is 4.90 Å². The van der Waals surface area contributed by atoms with Crippen molar-refractivity contribution in [3.05, 3.63) is 59.7 Å². The molecule has 198 valence electrons. The van der Waals surface area contributed by atoms with Crippen LogP contribution in [0.3, 0.4) is 0 Å². The third-order valence-corrected chi connectivity index (χ3v) is 7.40. The van der Waals surface area contributed by atoms with Crippen molar-refractivity contribution in [2.75, 3.05) is 26.2 Å². The van der Waals surface area contributed by atoms with Crippen LogP contribution in [0.1, 0.15) is 52.8 Å². The van der Waals surface area contributed by atoms with Gasteiger partial charge in [0.15, 0.2) is 5.78 Å². The van der Waals surface area contributed by atoms with Crippen molar-refractivity contribution in [2.24, 2.45) is 0 Å². The quantitative estimate of drug-likeness (QED) is 0.483. The number of Topliss-reactive ketones (excluding diaryl/α,β-unsaturated/α-hetero) is 1. The minimum absolute atomic E-state index is 0.0575. The van der Waals surface area contributed by atoms with Gasteiger partial charge < -0.3 is 19.6 Å². The molecule has 3 heterocycles. The highest BCUT2D eigenvalue weighted by Gasteiger charge is 2.42. The second-order valence-electron chi connectivity index (χ2n) is 9.72. The Labute approximate surface area is 219 Å². The van der Waals surface area contributed by atoms with Crippen LogP contribution in [0.25, 0.3) is 0 Å². The predicted molar refractivity (Wildman–Crippen MR) is 132 cm³/mol. The van der Waals surface area contributed by atoms with Crippen molar-refractivity contribution in [1.29, 1.82) is 0 Å². The smallest absolute Gasteiger partial charge is 0.261 e. The molecule has 0 spiro atoms. The first kappa shape index (κ1) is 25.4. The number of carbonyl (C=O) groups is 5. The summed E-state index contributed by atoms with van der Waals surface area (Å²) in [5.74, 6) is -1.39. The number of ketones is 1. The lowest BCUT2D eigenvalue weighted by atomic mass is 10.1. The average molecular weight is 519 g/mol. The number of carbonyl (C=O) groups excluding carboxylic acids is 5. The maximum Gasteiger partial charge on any atom is 0.261 e. The van der Waals surface area contributed by atoms with Crippen molar-refractivity contribution >= 4 is 29.4 Å². The highest BCUT2D eigenvalue weighted by atomic mass is 16.5. The van der Waals surface area contributed by atoms with Gasteiger partial charge >= 0.3 is 0 Å². The summed E-state index contributed by atoms with van der Waals surface area (Å²) in [5.41, 5.74) is 0.658. The van der Waals surface area contributed by atoms with E-state index in [1.165, 1.54) is 29.2 Å². The Morgan fingerprint density at radius 1 is 0.842 bits per heavy atom. The molecule has 2 aromatic carbocycles. The molecule has 10 nitrogen and oxygen atoms in total. The van der Waals surface area contributed by atoms with E-state index in [0.29, 0.717) is 55.6 Å². The number of hydrogen-bond acceptors (Lipinski definition) is 7. The molecular formula is C28H28N3O7-. The van der Waals surface area contributed by atoms with Gasteiger partial charge in [0.2, 0.25) is 11.8 Å². The fraction of sp³-hybridized carbons (Fsp3) is 0.393. The standard InChI is InChI=1S/C28H29N3O7/c32-18-9-11-19(12-10-18)38-17-24(33)22-7-3-15-30(22)28(37)23-8-4-14-29(23)25(34)13-16-31-26(35)20-5-1-2-6-21(20)27(31)36/h1-2,5-6,9-12,22-23,32H,3-4,7-8,13-17H2/p-1/t22-,23-/m0/s1. The highest BCUT2D eigenvalue weighted by molar-refractivity contribution is 6.21. The van der Waals surface area contributed by atoms with Gasteiger partial charge in [-0.3, -0.25) is 28.9 Å². The van der Waals surface area contributed by atoms with Crippen molar-refractivity contribution in [3.63, 3.8) is 0 Å². The molecule has 0 N–H and O–H groups in total. The summed E-state index contributed by atoms with van der Waals surface area (Å²) < 4.78 is 5.52. The summed E-state index contributed by atoms with van der Waals surface area (Å²) in [6, 6.07) is 11.0. The Balaban J connectivity index is 1.18. The number of benzene rings is 2. The predicted octanol–water partition coefficient (Wildman–Crippen LogP) is 1.38. The van der Waals surface area contributed by atoms with Crippen LogP contribution in [-0.4, -0.2) is 82.4 Å². The molecule has 3 aliphatic heterocycles. The molecule has 3 aliphatic rings. The SMILES string of the molecule is O=C(COc1ccc([O-])cc1)[C@@H]1CCCN1C(=O)[C@@H]1CCCN1C(=O)CCN1C(=O)c2ccccc2C1=O. The van der Waals surface area contributed by atoms with Crippen LogP contribution in [-0.2, 0) is 14.4 Å². The van der Waals surface area contributed by atoms with Crippen LogP contribution in [0.15, 0.2) is 48.5 Å². The number of rotatable bonds is 8. The molecule has 2 fully saturated rings. The number of imide groups is 1. The van der Waals surface area contributed by atoms with Gasteiger partial charge in [-0.2, -0.15) is 0 Å². The molecule has 38 heavy (non-hydrogen) atoms. The third-order valence-electron chi connectivity index (χ3n) is 7.40. The molecule has 2 atom stereocenters. The number of likely N-dealkylation sites (tertiary alicyclic amines) is 2. The van der Waals surface area contributed by atoms with Gasteiger partial charge in [-0.05, 0) is 49.9 Å². The number of hydrogen-bond donors (Lipinski definition) is 0. The Bertz CT molecular complexity index is 1240. The zero-order valence-electron chi connectivity index (χ0n) is 20.8. The summed E-state index contributed by atoms with van der Waals surface area (Å²) >= 11 is 0. The van der Waals surface area contributed by atoms with Crippen LogP contribution in [0.4, 0.5) is 0 Å². The maximum absolute atomic E-state index is 13.5. The van der Waals surface area contributed by atoms with Crippen LogP contribution in [0, 0.1) is 0 Å². The lowest BCUT2D eigenvalue weighted by Crippen LogP contribution is -2.51. The van der Waals surface area contributed by atoms with E-state index < -0.39 is 23.9 Å². The number of amides is 4. The molecule has 0 aliphatic carbocycles. The highest BCUT2D eigenvalue weighted by Crippen LogP contribution is 2.27. The van der Waals surface area contributed by atoms with E-state index >= 15 is 0 Å². The van der Waals surface area contributed by atoms with Crippen LogP contribution >= 0.6 is 0 Å². The summed E-state index contributed by atoms with van der Waals surface area (Å²) in [6.07, 6.45) is 2.27. The van der Waals surface area contributed by atoms with Gasteiger partial charge in [-0.15, -0.1) is 5.75 Å². The molecule has 0 unspecified atom stereocenters. The molecule has 2 aromatic rings. The minimum Gasteiger partial charge on any atom is -0.872 e. The van der Waals surface area contributed by atoms with Gasteiger partial charge in [-0.1, -0.05) is 24.3 Å². The van der Waals surface area contributed by atoms with Gasteiger partial charge in [-0.25, -0.2) is 0 Å². The summed E-state index contributed by atoms with van der Waals surface area (Å²) in [7, 11) is 0. The molecule has 4 amide bonds. The topological polar surface area (TPSA) is 127 Å². The van der Waals surface area contributed by atoms with Gasteiger partial charge in [0.1, 0.15) is 18.4 Å². The van der Waals surface area contributed by atoms with Gasteiger partial charge in [0.25, 0.3) is 11.8 Å². The molecule has 0 saturated carbocycles. The largest absolute Gasteiger partial charge is 0.872 e. The van der Waals surface area contributed by atoms with Gasteiger partial charge in [0.05, 0.1) is 17.2 Å². The lowest BCUT2D eigenvalue weighted by molar-refractivity contribution is -0.268. The Morgan fingerprint density at radius 2 is 1.45 bits per heavy atom. The zero-order valence-corrected chi connectivity index (χ0v) is 20.8. The molecule has 0 bridgehead atoms. The third kappa shape index (κ3) is 4.85. The van der Waals surface area contributed by atoms with Crippen molar-refractivity contribution in [3.8, 4) is 11.5 Å². The monoisotopic (exact) mass is 518 g/mol. The Morgan fingerprint density at radius 3 is 2.11 bits per heavy atom. The zero-order chi connectivity index (χ0) is 26.8. The first-order valence-electron chi connectivity index (χ1n) is 12.8. The van der Waals surface area contributed by atoms with Crippen molar-refractivity contribution < 1.29 is 33.8 Å². The molecule has 5 rings (SSSR count). The number of ether oxygens (including phenoxy) is 1. The van der Waals surface area contributed by atoms with E-state index in [1.54, 1.807) is 29.2 Å². The fourth-order valence-corrected chi connectivity index (χ4v) is 5.46. The Kier molecular flexibility index (Phi) is 7.13. The number of fused-ring (bicyclic) bond motifs is 1. The van der Waals surface area contributed by atoms with E-state index in [1.807, 2.05) is 0 Å². The molecular weight excluding hydrogens is 490 g/mol. The van der Waals surface area contributed by atoms with Gasteiger partial charge in [0, 0.05) is 26.1 Å². The van der Waals surface area contributed by atoms with E-state index in [9.17, 15) is 29.1 Å². The summed E-state index contributed by atoms with van der Waals surface area (Å²) in [4.78, 5) is 68.9. The second-order valence-corrected chi connectivity index (χ2v) is 9.72. The first-order valence-corrected chi connectivity index (χ1v) is 12.8. The fourth-order valence-electron chi connectivity index (χ4n) is 5.46. The molecule has 0 aromatic heterocycles. The normalized spacial score (nSPS) is 20.7. The van der Waals surface area contributed by atoms with E-state index in [-0.39, 0.29) is 42.9 Å². The van der Waals surface area contributed by atoms with E-state index in [4.69, 9.17) is 4.74 Å². The number of nitrogens with zero attached hydrogens (tertiary/aromatic N) is 3. The second kappa shape index (κ2) is 10.6. The first-order chi connectivity index (χ1) is 18.3. The van der Waals surface area contributed by atoms with Crippen molar-refractivity contribution in [1.82, 2.24) is 14.7 Å². The summed E-state index contributed by atoms with van der Waals surface area (Å²) in [5, 5.41) is 11.2. The molecule has 0 radical (unpaired) electrons. The minimum atomic E-state index is -0.677. The lowest BCUT2D eigenvalue weighted by Gasteiger charge is -2.31. The average Bonchev–Trinajstić information content (AvgIpc) is 3.66. The van der Waals surface area contributed by atoms with E-state index in [2.05, 4.69) is 0 Å². The summed E-state index contributed by atoms with van der Waals surface area (Å²) in [6.45, 7) is 0.550. The Hall–Kier alpha value is -4.21. The van der Waals surface area contributed by atoms with Crippen molar-refractivity contribution in [2.45, 2.75) is 44.2 Å². The maximum atomic E-state index is 13.5. The van der Waals surface area contributed by atoms with Crippen LogP contribution < -0.4 is 9.84 Å². The van der Waals surface area contributed by atoms with Crippen LogP contribution in [0.5, 0.6) is 11.5 Å². The molecule has 2 saturated heterocycles.